The summed E-state index contributed by atoms with van der Waals surface area (Å²) in [7, 11) is 0. The van der Waals surface area contributed by atoms with Gasteiger partial charge in [0, 0.05) is 5.02 Å². The molecular weight excluding hydrogens is 322 g/mol. The molecule has 0 aliphatic rings. The molecule has 0 aliphatic heterocycles. The summed E-state index contributed by atoms with van der Waals surface area (Å²) in [6, 6.07) is 7.37. The number of aromatic nitrogens is 4. The van der Waals surface area contributed by atoms with Gasteiger partial charge in [-0.05, 0) is 24.6 Å². The fraction of sp³-hybridized carbons (Fsp3) is 0.214. The minimum Gasteiger partial charge on any atom is -0.423 e. The zero-order valence-electron chi connectivity index (χ0n) is 12.1. The Morgan fingerprint density at radius 3 is 2.83 bits per heavy atom. The van der Waals surface area contributed by atoms with Gasteiger partial charge in [-0.1, -0.05) is 23.7 Å². The van der Waals surface area contributed by atoms with Gasteiger partial charge < -0.3 is 4.42 Å². The summed E-state index contributed by atoms with van der Waals surface area (Å²) in [6.45, 7) is 1.75. The average molecular weight is 334 g/mol. The maximum Gasteiger partial charge on any atom is 0.309 e. The molecule has 0 amide bonds. The highest BCUT2D eigenvalue weighted by Crippen LogP contribution is 2.17. The number of hydrogen-bond donors (Lipinski definition) is 0. The van der Waals surface area contributed by atoms with Crippen molar-refractivity contribution in [2.75, 3.05) is 0 Å². The Hall–Kier alpha value is -2.74. The minimum atomic E-state index is -0.475. The van der Waals surface area contributed by atoms with Gasteiger partial charge in [-0.3, -0.25) is 14.8 Å². The van der Waals surface area contributed by atoms with E-state index in [0.29, 0.717) is 28.9 Å². The molecule has 0 N–H and O–H groups in total. The van der Waals surface area contributed by atoms with Crippen LogP contribution in [0.3, 0.4) is 0 Å². The fourth-order valence-corrected chi connectivity index (χ4v) is 2.36. The lowest BCUT2D eigenvalue weighted by Crippen LogP contribution is -2.00. The third-order valence-corrected chi connectivity index (χ3v) is 3.40. The molecule has 118 valence electrons. The van der Waals surface area contributed by atoms with Crippen LogP contribution in [-0.4, -0.2) is 24.9 Å². The molecule has 0 spiro atoms. The number of rotatable bonds is 5. The van der Waals surface area contributed by atoms with Crippen LogP contribution in [0.15, 0.2) is 34.9 Å². The van der Waals surface area contributed by atoms with Crippen molar-refractivity contribution in [1.82, 2.24) is 20.0 Å². The maximum atomic E-state index is 10.8. The lowest BCUT2D eigenvalue weighted by molar-refractivity contribution is -0.385. The van der Waals surface area contributed by atoms with Gasteiger partial charge in [0.1, 0.15) is 18.4 Å². The van der Waals surface area contributed by atoms with Crippen molar-refractivity contribution in [3.63, 3.8) is 0 Å². The lowest BCUT2D eigenvalue weighted by Gasteiger charge is -1.97. The van der Waals surface area contributed by atoms with Gasteiger partial charge in [-0.2, -0.15) is 5.10 Å². The van der Waals surface area contributed by atoms with E-state index < -0.39 is 4.92 Å². The van der Waals surface area contributed by atoms with Gasteiger partial charge in [0.05, 0.1) is 11.3 Å². The van der Waals surface area contributed by atoms with E-state index in [0.717, 1.165) is 5.56 Å². The van der Waals surface area contributed by atoms with Crippen LogP contribution < -0.4 is 0 Å². The van der Waals surface area contributed by atoms with Crippen molar-refractivity contribution < 1.29 is 9.34 Å². The Kier molecular flexibility index (Phi) is 4.07. The Balaban J connectivity index is 1.72. The van der Waals surface area contributed by atoms with Crippen LogP contribution >= 0.6 is 11.6 Å². The van der Waals surface area contributed by atoms with Crippen molar-refractivity contribution in [1.29, 1.82) is 0 Å². The Morgan fingerprint density at radius 1 is 1.35 bits per heavy atom. The van der Waals surface area contributed by atoms with Crippen LogP contribution in [0.1, 0.15) is 23.0 Å². The van der Waals surface area contributed by atoms with Crippen molar-refractivity contribution >= 4 is 17.3 Å². The van der Waals surface area contributed by atoms with E-state index in [2.05, 4.69) is 15.3 Å². The molecule has 0 unspecified atom stereocenters. The van der Waals surface area contributed by atoms with Gasteiger partial charge in [0.15, 0.2) is 0 Å². The Labute approximate surface area is 135 Å². The number of benzene rings is 1. The Morgan fingerprint density at radius 2 is 2.13 bits per heavy atom. The molecule has 0 radical (unpaired) electrons. The molecule has 3 aromatic rings. The standard InChI is InChI=1S/C14H12ClN5O3/c1-9-12(20(21)22)7-19(18-9)8-14-17-16-13(23-14)6-10-3-2-4-11(15)5-10/h2-5,7H,6,8H2,1H3. The predicted molar refractivity (Wildman–Crippen MR) is 81.3 cm³/mol. The highest BCUT2D eigenvalue weighted by atomic mass is 35.5. The first-order chi connectivity index (χ1) is 11.0. The molecule has 2 aromatic heterocycles. The fourth-order valence-electron chi connectivity index (χ4n) is 2.15. The second-order valence-electron chi connectivity index (χ2n) is 4.95. The van der Waals surface area contributed by atoms with Crippen LogP contribution in [0, 0.1) is 17.0 Å². The molecule has 1 aromatic carbocycles. The second-order valence-corrected chi connectivity index (χ2v) is 5.39. The second kappa shape index (κ2) is 6.17. The van der Waals surface area contributed by atoms with Crippen LogP contribution in [-0.2, 0) is 13.0 Å². The molecule has 0 fully saturated rings. The zero-order valence-corrected chi connectivity index (χ0v) is 12.9. The first kappa shape index (κ1) is 15.2. The molecule has 0 saturated heterocycles. The van der Waals surface area contributed by atoms with Crippen molar-refractivity contribution in [2.45, 2.75) is 19.9 Å². The maximum absolute atomic E-state index is 10.8. The van der Waals surface area contributed by atoms with E-state index in [9.17, 15) is 10.1 Å². The summed E-state index contributed by atoms with van der Waals surface area (Å²) < 4.78 is 6.95. The van der Waals surface area contributed by atoms with E-state index in [1.165, 1.54) is 10.9 Å². The smallest absolute Gasteiger partial charge is 0.309 e. The molecular formula is C14H12ClN5O3. The summed E-state index contributed by atoms with van der Waals surface area (Å²) in [5.41, 5.74) is 1.26. The highest BCUT2D eigenvalue weighted by Gasteiger charge is 2.17. The van der Waals surface area contributed by atoms with Crippen molar-refractivity contribution in [3.8, 4) is 0 Å². The third kappa shape index (κ3) is 3.54. The van der Waals surface area contributed by atoms with Crippen molar-refractivity contribution in [2.24, 2.45) is 0 Å². The molecule has 0 saturated carbocycles. The summed E-state index contributed by atoms with van der Waals surface area (Å²) in [5, 5.41) is 23.4. The van der Waals surface area contributed by atoms with E-state index in [1.807, 2.05) is 18.2 Å². The lowest BCUT2D eigenvalue weighted by atomic mass is 10.1. The zero-order chi connectivity index (χ0) is 16.4. The summed E-state index contributed by atoms with van der Waals surface area (Å²) in [4.78, 5) is 10.3. The molecule has 23 heavy (non-hydrogen) atoms. The summed E-state index contributed by atoms with van der Waals surface area (Å²) in [5.74, 6) is 0.778. The van der Waals surface area contributed by atoms with E-state index in [1.54, 1.807) is 13.0 Å². The molecule has 0 aliphatic carbocycles. The first-order valence-corrected chi connectivity index (χ1v) is 7.13. The number of hydrogen-bond acceptors (Lipinski definition) is 6. The highest BCUT2D eigenvalue weighted by molar-refractivity contribution is 6.30. The molecule has 2 heterocycles. The number of halogens is 1. The van der Waals surface area contributed by atoms with Crippen LogP contribution in [0.2, 0.25) is 5.02 Å². The predicted octanol–water partition coefficient (Wildman–Crippen LogP) is 2.78. The molecule has 0 bridgehead atoms. The van der Waals surface area contributed by atoms with Crippen LogP contribution in [0.4, 0.5) is 5.69 Å². The van der Waals surface area contributed by atoms with Gasteiger partial charge in [-0.25, -0.2) is 0 Å². The molecule has 8 nitrogen and oxygen atoms in total. The van der Waals surface area contributed by atoms with Crippen molar-refractivity contribution in [3.05, 3.63) is 68.6 Å². The third-order valence-electron chi connectivity index (χ3n) is 3.17. The normalized spacial score (nSPS) is 10.9. The van der Waals surface area contributed by atoms with Crippen LogP contribution in [0.25, 0.3) is 0 Å². The quantitative estimate of drug-likeness (QED) is 0.525. The van der Waals surface area contributed by atoms with E-state index in [4.69, 9.17) is 16.0 Å². The number of nitro groups is 1. The monoisotopic (exact) mass is 333 g/mol. The average Bonchev–Trinajstić information content (AvgIpc) is 3.06. The number of aryl methyl sites for hydroxylation is 1. The van der Waals surface area contributed by atoms with Gasteiger partial charge in [0.25, 0.3) is 0 Å². The summed E-state index contributed by atoms with van der Waals surface area (Å²) >= 11 is 5.93. The molecule has 9 heteroatoms. The minimum absolute atomic E-state index is 0.0383. The van der Waals surface area contributed by atoms with Gasteiger partial charge in [-0.15, -0.1) is 10.2 Å². The molecule has 0 atom stereocenters. The largest absolute Gasteiger partial charge is 0.423 e. The SMILES string of the molecule is Cc1nn(Cc2nnc(Cc3cccc(Cl)c3)o2)cc1[N+](=O)[O-]. The van der Waals surface area contributed by atoms with Gasteiger partial charge in [0.2, 0.25) is 11.8 Å². The first-order valence-electron chi connectivity index (χ1n) is 6.75. The van der Waals surface area contributed by atoms with Crippen LogP contribution in [0.5, 0.6) is 0 Å². The summed E-state index contributed by atoms with van der Waals surface area (Å²) in [6.07, 6.45) is 1.81. The van der Waals surface area contributed by atoms with E-state index >= 15 is 0 Å². The topological polar surface area (TPSA) is 99.9 Å². The van der Waals surface area contributed by atoms with Gasteiger partial charge >= 0.3 is 5.69 Å². The Bertz CT molecular complexity index is 858. The number of nitrogens with zero attached hydrogens (tertiary/aromatic N) is 5. The van der Waals surface area contributed by atoms with E-state index in [-0.39, 0.29) is 12.2 Å². The molecule has 3 rings (SSSR count).